The molecule has 10 nitrogen and oxygen atoms in total. The molecule has 0 saturated carbocycles. The molecule has 1 heterocycles. The Morgan fingerprint density at radius 3 is 2.21 bits per heavy atom. The van der Waals surface area contributed by atoms with Gasteiger partial charge in [0.1, 0.15) is 5.70 Å². The maximum absolute atomic E-state index is 13.8. The zero-order chi connectivity index (χ0) is 37.3. The van der Waals surface area contributed by atoms with Gasteiger partial charge in [-0.15, -0.1) is 23.1 Å². The van der Waals surface area contributed by atoms with Crippen molar-refractivity contribution in [2.45, 2.75) is 17.1 Å². The van der Waals surface area contributed by atoms with E-state index in [1.54, 1.807) is 67.6 Å². The Hall–Kier alpha value is -6.11. The fourth-order valence-corrected chi connectivity index (χ4v) is 7.07. The van der Waals surface area contributed by atoms with Crippen molar-refractivity contribution in [2.24, 2.45) is 0 Å². The van der Waals surface area contributed by atoms with E-state index < -0.39 is 17.1 Å². The monoisotopic (exact) mass is 744 g/mol. The highest BCUT2D eigenvalue weighted by atomic mass is 32.2. The summed E-state index contributed by atoms with van der Waals surface area (Å²) in [6.45, 7) is 1.81. The lowest BCUT2D eigenvalue weighted by molar-refractivity contribution is -0.115. The van der Waals surface area contributed by atoms with Crippen LogP contribution in [0.5, 0.6) is 17.2 Å². The van der Waals surface area contributed by atoms with E-state index in [-0.39, 0.29) is 11.6 Å². The molecule has 268 valence electrons. The number of amides is 3. The number of carbonyl (C=O) groups is 3. The predicted molar refractivity (Wildman–Crippen MR) is 212 cm³/mol. The van der Waals surface area contributed by atoms with Crippen LogP contribution in [0.3, 0.4) is 0 Å². The molecule has 3 N–H and O–H groups in total. The van der Waals surface area contributed by atoms with E-state index >= 15 is 0 Å². The summed E-state index contributed by atoms with van der Waals surface area (Å²) in [6.07, 6.45) is 1.52. The Kier molecular flexibility index (Phi) is 11.7. The van der Waals surface area contributed by atoms with Crippen LogP contribution in [0.1, 0.15) is 22.8 Å². The van der Waals surface area contributed by atoms with Gasteiger partial charge in [0.2, 0.25) is 11.7 Å². The van der Waals surface area contributed by atoms with Crippen LogP contribution in [0.4, 0.5) is 10.8 Å². The fourth-order valence-electron chi connectivity index (χ4n) is 5.42. The zero-order valence-corrected chi connectivity index (χ0v) is 31.0. The first kappa shape index (κ1) is 36.7. The van der Waals surface area contributed by atoms with Gasteiger partial charge in [0, 0.05) is 27.1 Å². The Morgan fingerprint density at radius 1 is 0.774 bits per heavy atom. The number of aromatic nitrogens is 1. The van der Waals surface area contributed by atoms with Crippen LogP contribution in [-0.4, -0.2) is 49.3 Å². The van der Waals surface area contributed by atoms with E-state index in [4.69, 9.17) is 14.2 Å². The minimum atomic E-state index is -0.568. The molecule has 0 saturated heterocycles. The lowest BCUT2D eigenvalue weighted by Gasteiger charge is -2.15. The normalized spacial score (nSPS) is 11.7. The van der Waals surface area contributed by atoms with Crippen LogP contribution in [-0.2, 0) is 9.59 Å². The summed E-state index contributed by atoms with van der Waals surface area (Å²) in [5, 5.41) is 12.8. The van der Waals surface area contributed by atoms with Gasteiger partial charge in [0.25, 0.3) is 11.8 Å². The number of rotatable bonds is 13. The number of nitrogens with one attached hydrogen (secondary N) is 3. The summed E-state index contributed by atoms with van der Waals surface area (Å²) in [5.41, 5.74) is 3.11. The Balaban J connectivity index is 1.16. The molecule has 0 spiro atoms. The number of thiazole rings is 1. The summed E-state index contributed by atoms with van der Waals surface area (Å²) in [4.78, 5) is 45.6. The van der Waals surface area contributed by atoms with E-state index in [1.807, 2.05) is 29.6 Å². The van der Waals surface area contributed by atoms with Gasteiger partial charge in [-0.25, -0.2) is 4.98 Å². The minimum absolute atomic E-state index is 0.0227. The zero-order valence-electron chi connectivity index (χ0n) is 29.3. The predicted octanol–water partition coefficient (Wildman–Crippen LogP) is 8.52. The third-order valence-electron chi connectivity index (χ3n) is 8.08. The van der Waals surface area contributed by atoms with Gasteiger partial charge in [0.05, 0.1) is 32.3 Å². The smallest absolute Gasteiger partial charge is 0.272 e. The molecule has 1 unspecified atom stereocenters. The number of carbonyl (C=O) groups excluding carboxylic acids is 3. The van der Waals surface area contributed by atoms with E-state index in [2.05, 4.69) is 45.2 Å². The van der Waals surface area contributed by atoms with Gasteiger partial charge in [-0.05, 0) is 77.9 Å². The quantitative estimate of drug-likeness (QED) is 0.0794. The van der Waals surface area contributed by atoms with Crippen LogP contribution in [0.25, 0.3) is 28.1 Å². The van der Waals surface area contributed by atoms with Crippen LogP contribution >= 0.6 is 23.1 Å². The van der Waals surface area contributed by atoms with E-state index in [0.29, 0.717) is 39.2 Å². The maximum atomic E-state index is 13.8. The van der Waals surface area contributed by atoms with Crippen molar-refractivity contribution < 1.29 is 28.6 Å². The van der Waals surface area contributed by atoms with Crippen LogP contribution < -0.4 is 30.2 Å². The van der Waals surface area contributed by atoms with Crippen LogP contribution in [0.15, 0.2) is 125 Å². The SMILES string of the molecule is COc1cc(/C=C(/NC(=O)c2ccccc2)C(=O)Nc2cccc(SC(C)C(=O)Nc3nc(-c4ccc5ccccc5c4)cs3)c2)cc(OC)c1OC. The highest BCUT2D eigenvalue weighted by molar-refractivity contribution is 8.00. The number of thioether (sulfide) groups is 1. The second-order valence-electron chi connectivity index (χ2n) is 11.7. The Morgan fingerprint density at radius 2 is 1.49 bits per heavy atom. The van der Waals surface area contributed by atoms with E-state index in [9.17, 15) is 14.4 Å². The van der Waals surface area contributed by atoms with Crippen molar-refractivity contribution in [1.29, 1.82) is 0 Å². The molecule has 1 aromatic heterocycles. The lowest BCUT2D eigenvalue weighted by atomic mass is 10.1. The number of hydrogen-bond acceptors (Lipinski definition) is 9. The molecular formula is C41H36N4O6S2. The second kappa shape index (κ2) is 16.9. The Labute approximate surface area is 315 Å². The number of benzene rings is 5. The van der Waals surface area contributed by atoms with Crippen molar-refractivity contribution in [3.8, 4) is 28.5 Å². The van der Waals surface area contributed by atoms with Gasteiger partial charge >= 0.3 is 0 Å². The standard InChI is InChI=1S/C41H36N4O6S2/c1-25(38(46)45-41-44-34(24-52-41)30-18-17-27-11-8-9-14-29(27)22-30)53-32-16-10-15-31(23-32)42-40(48)33(43-39(47)28-12-6-5-7-13-28)19-26-20-35(49-2)37(51-4)36(21-26)50-3/h5-25H,1-4H3,(H,42,48)(H,43,47)(H,44,45,46)/b33-19+. The van der Waals surface area contributed by atoms with E-state index in [0.717, 1.165) is 26.9 Å². The molecular weight excluding hydrogens is 709 g/mol. The number of methoxy groups -OCH3 is 3. The van der Waals surface area contributed by atoms with Gasteiger partial charge in [-0.3, -0.25) is 14.4 Å². The first-order valence-electron chi connectivity index (χ1n) is 16.5. The van der Waals surface area contributed by atoms with Crippen molar-refractivity contribution in [1.82, 2.24) is 10.3 Å². The van der Waals surface area contributed by atoms with Crippen molar-refractivity contribution in [3.05, 3.63) is 131 Å². The van der Waals surface area contributed by atoms with E-state index in [1.165, 1.54) is 50.5 Å². The third kappa shape index (κ3) is 9.04. The van der Waals surface area contributed by atoms with Gasteiger partial charge < -0.3 is 30.2 Å². The molecule has 0 aliphatic heterocycles. The summed E-state index contributed by atoms with van der Waals surface area (Å²) < 4.78 is 16.4. The van der Waals surface area contributed by atoms with Crippen LogP contribution in [0.2, 0.25) is 0 Å². The molecule has 0 aliphatic carbocycles. The molecule has 0 aliphatic rings. The van der Waals surface area contributed by atoms with Gasteiger partial charge in [-0.1, -0.05) is 60.7 Å². The fraction of sp³-hybridized carbons (Fsp3) is 0.122. The molecule has 0 fully saturated rings. The highest BCUT2D eigenvalue weighted by Crippen LogP contribution is 2.39. The average molecular weight is 745 g/mol. The second-order valence-corrected chi connectivity index (χ2v) is 13.9. The molecule has 5 aromatic carbocycles. The maximum Gasteiger partial charge on any atom is 0.272 e. The number of fused-ring (bicyclic) bond motifs is 1. The first-order valence-corrected chi connectivity index (χ1v) is 18.2. The summed E-state index contributed by atoms with van der Waals surface area (Å²) in [7, 11) is 4.48. The summed E-state index contributed by atoms with van der Waals surface area (Å²) in [6, 6.07) is 33.4. The number of anilines is 2. The minimum Gasteiger partial charge on any atom is -0.493 e. The van der Waals surface area contributed by atoms with Crippen LogP contribution in [0, 0.1) is 0 Å². The number of ether oxygens (including phenoxy) is 3. The molecule has 53 heavy (non-hydrogen) atoms. The van der Waals surface area contributed by atoms with Crippen molar-refractivity contribution in [3.63, 3.8) is 0 Å². The van der Waals surface area contributed by atoms with Gasteiger partial charge in [-0.2, -0.15) is 0 Å². The summed E-state index contributed by atoms with van der Waals surface area (Å²) in [5.74, 6) is -0.0787. The molecule has 12 heteroatoms. The lowest BCUT2D eigenvalue weighted by Crippen LogP contribution is -2.30. The highest BCUT2D eigenvalue weighted by Gasteiger charge is 2.20. The van der Waals surface area contributed by atoms with Crippen molar-refractivity contribution >= 4 is 68.5 Å². The Bertz CT molecular complexity index is 2280. The topological polar surface area (TPSA) is 128 Å². The molecule has 6 rings (SSSR count). The summed E-state index contributed by atoms with van der Waals surface area (Å²) >= 11 is 2.70. The number of hydrogen-bond donors (Lipinski definition) is 3. The van der Waals surface area contributed by atoms with Crippen molar-refractivity contribution in [2.75, 3.05) is 32.0 Å². The average Bonchev–Trinajstić information content (AvgIpc) is 3.65. The third-order valence-corrected chi connectivity index (χ3v) is 9.93. The molecule has 0 radical (unpaired) electrons. The molecule has 6 aromatic rings. The molecule has 0 bridgehead atoms. The number of nitrogens with zero attached hydrogens (tertiary/aromatic N) is 1. The molecule has 3 amide bonds. The first-order chi connectivity index (χ1) is 25.7. The van der Waals surface area contributed by atoms with Gasteiger partial charge in [0.15, 0.2) is 16.6 Å². The largest absolute Gasteiger partial charge is 0.493 e. The molecule has 1 atom stereocenters.